The number of nitrogens with zero attached hydrogens (tertiary/aromatic N) is 2. The zero-order valence-electron chi connectivity index (χ0n) is 15.5. The molecule has 7 nitrogen and oxygen atoms in total. The highest BCUT2D eigenvalue weighted by Gasteiger charge is 2.20. The van der Waals surface area contributed by atoms with E-state index in [9.17, 15) is 22.0 Å². The number of nitrogens with one attached hydrogen (secondary N) is 1. The Kier molecular flexibility index (Phi) is 5.64. The summed E-state index contributed by atoms with van der Waals surface area (Å²) in [6, 6.07) is 8.19. The molecular formula is C19H17F2N3O4S. The van der Waals surface area contributed by atoms with Crippen LogP contribution in [-0.4, -0.2) is 30.8 Å². The summed E-state index contributed by atoms with van der Waals surface area (Å²) < 4.78 is 60.4. The smallest absolute Gasteiger partial charge is 0.341 e. The maximum Gasteiger partial charge on any atom is 0.341 e. The van der Waals surface area contributed by atoms with E-state index >= 15 is 0 Å². The van der Waals surface area contributed by atoms with Crippen molar-refractivity contribution in [2.45, 2.75) is 18.7 Å². The normalized spacial score (nSPS) is 11.3. The molecule has 152 valence electrons. The summed E-state index contributed by atoms with van der Waals surface area (Å²) in [6.45, 7) is 3.64. The van der Waals surface area contributed by atoms with Crippen molar-refractivity contribution in [1.29, 1.82) is 0 Å². The lowest BCUT2D eigenvalue weighted by Crippen LogP contribution is -2.15. The summed E-state index contributed by atoms with van der Waals surface area (Å²) in [5, 5.41) is 4.15. The molecule has 0 bridgehead atoms. The molecule has 0 saturated carbocycles. The third-order valence-electron chi connectivity index (χ3n) is 4.05. The lowest BCUT2D eigenvalue weighted by atomic mass is 10.2. The van der Waals surface area contributed by atoms with E-state index in [2.05, 4.69) is 9.82 Å². The first-order valence-electron chi connectivity index (χ1n) is 8.53. The number of benzene rings is 2. The maximum absolute atomic E-state index is 13.8. The summed E-state index contributed by atoms with van der Waals surface area (Å²) in [4.78, 5) is 11.1. The van der Waals surface area contributed by atoms with Gasteiger partial charge in [-0.05, 0) is 56.3 Å². The largest absolute Gasteiger partial charge is 0.462 e. The number of sulfonamides is 1. The van der Waals surface area contributed by atoms with Gasteiger partial charge in [-0.15, -0.1) is 0 Å². The van der Waals surface area contributed by atoms with Gasteiger partial charge in [0.25, 0.3) is 10.0 Å². The molecule has 0 fully saturated rings. The first kappa shape index (κ1) is 20.5. The van der Waals surface area contributed by atoms with E-state index in [1.165, 1.54) is 23.0 Å². The zero-order valence-corrected chi connectivity index (χ0v) is 16.3. The van der Waals surface area contributed by atoms with Crippen LogP contribution in [0.25, 0.3) is 5.69 Å². The fourth-order valence-corrected chi connectivity index (χ4v) is 3.79. The highest BCUT2D eigenvalue weighted by molar-refractivity contribution is 7.92. The highest BCUT2D eigenvalue weighted by Crippen LogP contribution is 2.22. The van der Waals surface area contributed by atoms with E-state index in [4.69, 9.17) is 4.74 Å². The van der Waals surface area contributed by atoms with Gasteiger partial charge in [0.15, 0.2) is 0 Å². The average molecular weight is 421 g/mol. The van der Waals surface area contributed by atoms with Crippen LogP contribution in [0.2, 0.25) is 0 Å². The highest BCUT2D eigenvalue weighted by atomic mass is 32.2. The van der Waals surface area contributed by atoms with Crippen LogP contribution in [0.3, 0.4) is 0 Å². The Labute approximate surface area is 166 Å². The zero-order chi connectivity index (χ0) is 21.2. The minimum absolute atomic E-state index is 0.146. The fourth-order valence-electron chi connectivity index (χ4n) is 2.64. The third-order valence-corrected chi connectivity index (χ3v) is 5.45. The van der Waals surface area contributed by atoms with Gasteiger partial charge in [-0.3, -0.25) is 4.72 Å². The van der Waals surface area contributed by atoms with Gasteiger partial charge >= 0.3 is 5.97 Å². The summed E-state index contributed by atoms with van der Waals surface area (Å²) >= 11 is 0. The predicted octanol–water partition coefficient (Wildman–Crippen LogP) is 3.44. The third kappa shape index (κ3) is 4.27. The summed E-state index contributed by atoms with van der Waals surface area (Å²) in [7, 11) is -4.31. The van der Waals surface area contributed by atoms with Gasteiger partial charge in [-0.1, -0.05) is 0 Å². The van der Waals surface area contributed by atoms with Gasteiger partial charge in [-0.25, -0.2) is 26.7 Å². The molecule has 0 atom stereocenters. The number of rotatable bonds is 6. The molecule has 29 heavy (non-hydrogen) atoms. The van der Waals surface area contributed by atoms with Gasteiger partial charge in [0.05, 0.1) is 24.2 Å². The van der Waals surface area contributed by atoms with E-state index in [1.54, 1.807) is 26.0 Å². The van der Waals surface area contributed by atoms with E-state index in [-0.39, 0.29) is 12.3 Å². The Morgan fingerprint density at radius 2 is 1.86 bits per heavy atom. The quantitative estimate of drug-likeness (QED) is 0.616. The van der Waals surface area contributed by atoms with Crippen LogP contribution >= 0.6 is 0 Å². The molecule has 0 aliphatic heterocycles. The van der Waals surface area contributed by atoms with Crippen LogP contribution in [0.1, 0.15) is 23.0 Å². The first-order chi connectivity index (χ1) is 13.7. The molecule has 0 radical (unpaired) electrons. The predicted molar refractivity (Wildman–Crippen MR) is 101 cm³/mol. The van der Waals surface area contributed by atoms with Crippen molar-refractivity contribution >= 4 is 21.7 Å². The Hall–Kier alpha value is -3.27. The lowest BCUT2D eigenvalue weighted by Gasteiger charge is -2.10. The number of aromatic nitrogens is 2. The summed E-state index contributed by atoms with van der Waals surface area (Å²) in [5.74, 6) is -2.42. The molecule has 1 heterocycles. The Morgan fingerprint density at radius 1 is 1.17 bits per heavy atom. The summed E-state index contributed by atoms with van der Waals surface area (Å²) in [5.41, 5.74) is 1.59. The second-order valence-electron chi connectivity index (χ2n) is 6.00. The molecule has 2 aromatic carbocycles. The second-order valence-corrected chi connectivity index (χ2v) is 7.65. The van der Waals surface area contributed by atoms with Crippen LogP contribution in [0, 0.1) is 18.6 Å². The number of hydrogen-bond acceptors (Lipinski definition) is 5. The molecule has 0 aliphatic rings. The van der Waals surface area contributed by atoms with Crippen LogP contribution < -0.4 is 4.72 Å². The number of anilines is 1. The van der Waals surface area contributed by atoms with E-state index < -0.39 is 32.5 Å². The number of halogens is 2. The molecule has 3 rings (SSSR count). The molecule has 0 aliphatic carbocycles. The number of carbonyl (C=O) groups excluding carboxylic acids is 1. The minimum atomic E-state index is -4.31. The van der Waals surface area contributed by atoms with E-state index in [1.807, 2.05) is 0 Å². The van der Waals surface area contributed by atoms with Crippen molar-refractivity contribution in [2.75, 3.05) is 11.3 Å². The van der Waals surface area contributed by atoms with Crippen LogP contribution in [0.4, 0.5) is 14.5 Å². The standard InChI is InChI=1S/C19H17F2N3O4S/c1-3-28-19(25)16-11-22-24(12(16)2)15-7-5-14(6-8-15)23-29(26,27)18-10-13(20)4-9-17(18)21/h4-11,23H,3H2,1-2H3. The van der Waals surface area contributed by atoms with Crippen molar-refractivity contribution in [3.05, 3.63) is 71.6 Å². The monoisotopic (exact) mass is 421 g/mol. The molecule has 0 spiro atoms. The summed E-state index contributed by atoms with van der Waals surface area (Å²) in [6.07, 6.45) is 1.39. The van der Waals surface area contributed by atoms with Gasteiger partial charge in [0.1, 0.15) is 22.1 Å². The van der Waals surface area contributed by atoms with Gasteiger partial charge in [0, 0.05) is 5.69 Å². The first-order valence-corrected chi connectivity index (χ1v) is 10.0. The maximum atomic E-state index is 13.8. The number of esters is 1. The molecule has 0 unspecified atom stereocenters. The Balaban J connectivity index is 1.84. The minimum Gasteiger partial charge on any atom is -0.462 e. The van der Waals surface area contributed by atoms with Crippen LogP contribution in [0.15, 0.2) is 53.6 Å². The van der Waals surface area contributed by atoms with Gasteiger partial charge in [0.2, 0.25) is 0 Å². The second kappa shape index (κ2) is 8.00. The average Bonchev–Trinajstić information content (AvgIpc) is 3.05. The Morgan fingerprint density at radius 3 is 2.52 bits per heavy atom. The molecule has 3 aromatic rings. The van der Waals surface area contributed by atoms with Crippen LogP contribution in [-0.2, 0) is 14.8 Å². The van der Waals surface area contributed by atoms with Gasteiger partial charge < -0.3 is 4.74 Å². The van der Waals surface area contributed by atoms with Crippen molar-refractivity contribution in [3.63, 3.8) is 0 Å². The fraction of sp³-hybridized carbons (Fsp3) is 0.158. The van der Waals surface area contributed by atoms with Crippen molar-refractivity contribution in [3.8, 4) is 5.69 Å². The topological polar surface area (TPSA) is 90.3 Å². The number of ether oxygens (including phenoxy) is 1. The SMILES string of the molecule is CCOC(=O)c1cnn(-c2ccc(NS(=O)(=O)c3cc(F)ccc3F)cc2)c1C. The van der Waals surface area contributed by atoms with Crippen molar-refractivity contribution in [2.24, 2.45) is 0 Å². The van der Waals surface area contributed by atoms with Crippen LogP contribution in [0.5, 0.6) is 0 Å². The van der Waals surface area contributed by atoms with Crippen molar-refractivity contribution in [1.82, 2.24) is 9.78 Å². The lowest BCUT2D eigenvalue weighted by molar-refractivity contribution is 0.0525. The molecular weight excluding hydrogens is 404 g/mol. The molecule has 1 aromatic heterocycles. The Bertz CT molecular complexity index is 1160. The van der Waals surface area contributed by atoms with Crippen molar-refractivity contribution < 1.29 is 26.7 Å². The van der Waals surface area contributed by atoms with Gasteiger partial charge in [-0.2, -0.15) is 5.10 Å². The number of carbonyl (C=O) groups is 1. The van der Waals surface area contributed by atoms with E-state index in [0.29, 0.717) is 23.0 Å². The molecule has 0 amide bonds. The van der Waals surface area contributed by atoms with E-state index in [0.717, 1.165) is 12.1 Å². The molecule has 10 heteroatoms. The number of hydrogen-bond donors (Lipinski definition) is 1. The molecule has 0 saturated heterocycles. The molecule has 1 N–H and O–H groups in total.